The molecule has 0 saturated heterocycles. The SMILES string of the molecule is CCOC(=O)c1cc2c(s1)-c1ccc(F)cc1N(C(=O)c1ccc([N+](=O)[O-])cc1)CC2. The van der Waals surface area contributed by atoms with Gasteiger partial charge < -0.3 is 9.64 Å². The summed E-state index contributed by atoms with van der Waals surface area (Å²) >= 11 is 1.25. The van der Waals surface area contributed by atoms with Gasteiger partial charge in [-0.3, -0.25) is 14.9 Å². The van der Waals surface area contributed by atoms with Crippen molar-refractivity contribution in [1.82, 2.24) is 0 Å². The lowest BCUT2D eigenvalue weighted by molar-refractivity contribution is -0.384. The molecule has 0 unspecified atom stereocenters. The number of fused-ring (bicyclic) bond motifs is 3. The van der Waals surface area contributed by atoms with Gasteiger partial charge in [0.25, 0.3) is 11.6 Å². The lowest BCUT2D eigenvalue weighted by Gasteiger charge is -2.23. The van der Waals surface area contributed by atoms with Crippen LogP contribution >= 0.6 is 11.3 Å². The van der Waals surface area contributed by atoms with E-state index in [-0.39, 0.29) is 30.3 Å². The molecule has 4 rings (SSSR count). The largest absolute Gasteiger partial charge is 0.462 e. The molecule has 1 aliphatic rings. The van der Waals surface area contributed by atoms with Crippen LogP contribution in [0.1, 0.15) is 32.5 Å². The maximum absolute atomic E-state index is 14.1. The van der Waals surface area contributed by atoms with Crippen LogP contribution in [0, 0.1) is 15.9 Å². The second kappa shape index (κ2) is 8.27. The molecule has 1 aliphatic heterocycles. The summed E-state index contributed by atoms with van der Waals surface area (Å²) in [7, 11) is 0. The molecule has 7 nitrogen and oxygen atoms in total. The number of ether oxygens (including phenoxy) is 1. The molecule has 1 amide bonds. The zero-order valence-corrected chi connectivity index (χ0v) is 17.3. The number of halogens is 1. The minimum absolute atomic E-state index is 0.118. The second-order valence-electron chi connectivity index (χ2n) is 6.86. The van der Waals surface area contributed by atoms with Crippen LogP contribution < -0.4 is 4.90 Å². The maximum atomic E-state index is 14.1. The number of carbonyl (C=O) groups is 2. The molecule has 2 aromatic carbocycles. The van der Waals surface area contributed by atoms with E-state index in [1.54, 1.807) is 19.1 Å². The Balaban J connectivity index is 1.75. The van der Waals surface area contributed by atoms with Crippen LogP contribution in [0.4, 0.5) is 15.8 Å². The van der Waals surface area contributed by atoms with E-state index in [1.807, 2.05) is 0 Å². The van der Waals surface area contributed by atoms with Gasteiger partial charge in [-0.05, 0) is 55.3 Å². The normalized spacial score (nSPS) is 12.5. The summed E-state index contributed by atoms with van der Waals surface area (Å²) in [6, 6.07) is 11.3. The average molecular weight is 440 g/mol. The molecule has 0 bridgehead atoms. The fraction of sp³-hybridized carbons (Fsp3) is 0.182. The molecule has 1 aromatic heterocycles. The third-order valence-corrected chi connectivity index (χ3v) is 6.15. The Hall–Kier alpha value is -3.59. The zero-order chi connectivity index (χ0) is 22.1. The lowest BCUT2D eigenvalue weighted by atomic mass is 10.1. The van der Waals surface area contributed by atoms with E-state index in [9.17, 15) is 24.1 Å². The standard InChI is InChI=1S/C22H17FN2O5S/c1-2-30-22(27)19-11-14-9-10-24(18-12-15(23)5-8-17(18)20(14)31-19)21(26)13-3-6-16(7-4-13)25(28)29/h3-8,11-12H,2,9-10H2,1H3. The third-order valence-electron chi connectivity index (χ3n) is 4.96. The molecule has 9 heteroatoms. The van der Waals surface area contributed by atoms with Crippen molar-refractivity contribution in [2.45, 2.75) is 13.3 Å². The molecule has 3 aromatic rings. The Bertz CT molecular complexity index is 1190. The molecule has 0 N–H and O–H groups in total. The molecule has 0 atom stereocenters. The van der Waals surface area contributed by atoms with E-state index >= 15 is 0 Å². The number of carbonyl (C=O) groups excluding carboxylic acids is 2. The van der Waals surface area contributed by atoms with Crippen molar-refractivity contribution in [3.8, 4) is 10.4 Å². The number of hydrogen-bond acceptors (Lipinski definition) is 6. The number of esters is 1. The zero-order valence-electron chi connectivity index (χ0n) is 16.5. The fourth-order valence-electron chi connectivity index (χ4n) is 3.51. The Morgan fingerprint density at radius 3 is 2.61 bits per heavy atom. The van der Waals surface area contributed by atoms with E-state index in [0.29, 0.717) is 22.5 Å². The second-order valence-corrected chi connectivity index (χ2v) is 7.91. The van der Waals surface area contributed by atoms with Crippen molar-refractivity contribution in [3.05, 3.63) is 80.5 Å². The van der Waals surface area contributed by atoms with Gasteiger partial charge in [0, 0.05) is 34.7 Å². The molecular weight excluding hydrogens is 423 g/mol. The molecule has 0 fully saturated rings. The summed E-state index contributed by atoms with van der Waals surface area (Å²) in [5.41, 5.74) is 2.05. The quantitative estimate of drug-likeness (QED) is 0.329. The fourth-order valence-corrected chi connectivity index (χ4v) is 4.65. The van der Waals surface area contributed by atoms with Crippen LogP contribution in [0.25, 0.3) is 10.4 Å². The first-order valence-corrected chi connectivity index (χ1v) is 10.4. The van der Waals surface area contributed by atoms with Crippen LogP contribution in [0.3, 0.4) is 0 Å². The molecule has 0 saturated carbocycles. The first kappa shape index (κ1) is 20.7. The Morgan fingerprint density at radius 1 is 1.19 bits per heavy atom. The molecular formula is C22H17FN2O5S. The topological polar surface area (TPSA) is 89.8 Å². The summed E-state index contributed by atoms with van der Waals surface area (Å²) in [4.78, 5) is 38.4. The van der Waals surface area contributed by atoms with Gasteiger partial charge in [-0.15, -0.1) is 11.3 Å². The summed E-state index contributed by atoms with van der Waals surface area (Å²) in [5.74, 6) is -1.29. The molecule has 0 spiro atoms. The number of thiophene rings is 1. The summed E-state index contributed by atoms with van der Waals surface area (Å²) in [5, 5.41) is 10.9. The van der Waals surface area contributed by atoms with Crippen molar-refractivity contribution in [3.63, 3.8) is 0 Å². The van der Waals surface area contributed by atoms with Crippen LogP contribution in [0.2, 0.25) is 0 Å². The molecule has 0 radical (unpaired) electrons. The number of hydrogen-bond donors (Lipinski definition) is 0. The minimum Gasteiger partial charge on any atom is -0.462 e. The van der Waals surface area contributed by atoms with Gasteiger partial charge in [0.1, 0.15) is 10.7 Å². The molecule has 158 valence electrons. The molecule has 31 heavy (non-hydrogen) atoms. The predicted molar refractivity (Wildman–Crippen MR) is 114 cm³/mol. The van der Waals surface area contributed by atoms with Crippen molar-refractivity contribution >= 4 is 34.6 Å². The van der Waals surface area contributed by atoms with E-state index in [0.717, 1.165) is 10.4 Å². The number of anilines is 1. The van der Waals surface area contributed by atoms with Crippen LogP contribution in [0.15, 0.2) is 48.5 Å². The minimum atomic E-state index is -0.538. The van der Waals surface area contributed by atoms with Gasteiger partial charge in [-0.25, -0.2) is 9.18 Å². The molecule has 0 aliphatic carbocycles. The van der Waals surface area contributed by atoms with Gasteiger partial charge in [-0.1, -0.05) is 0 Å². The first-order chi connectivity index (χ1) is 14.9. The summed E-state index contributed by atoms with van der Waals surface area (Å²) < 4.78 is 19.2. The number of nitro benzene ring substituents is 1. The maximum Gasteiger partial charge on any atom is 0.348 e. The summed E-state index contributed by atoms with van der Waals surface area (Å²) in [6.45, 7) is 2.26. The summed E-state index contributed by atoms with van der Waals surface area (Å²) in [6.07, 6.45) is 0.459. The van der Waals surface area contributed by atoms with Crippen LogP contribution in [-0.4, -0.2) is 30.0 Å². The van der Waals surface area contributed by atoms with Crippen LogP contribution in [-0.2, 0) is 11.2 Å². The number of benzene rings is 2. The smallest absolute Gasteiger partial charge is 0.348 e. The average Bonchev–Trinajstić information content (AvgIpc) is 3.12. The highest BCUT2D eigenvalue weighted by molar-refractivity contribution is 7.17. The van der Waals surface area contributed by atoms with Crippen molar-refractivity contribution in [2.75, 3.05) is 18.1 Å². The Morgan fingerprint density at radius 2 is 1.94 bits per heavy atom. The van der Waals surface area contributed by atoms with Gasteiger partial charge in [0.15, 0.2) is 0 Å². The third kappa shape index (κ3) is 3.91. The van der Waals surface area contributed by atoms with E-state index in [1.165, 1.54) is 52.6 Å². The van der Waals surface area contributed by atoms with Crippen molar-refractivity contribution < 1.29 is 23.6 Å². The van der Waals surface area contributed by atoms with Crippen molar-refractivity contribution in [2.24, 2.45) is 0 Å². The van der Waals surface area contributed by atoms with Gasteiger partial charge in [0.2, 0.25) is 0 Å². The molecule has 2 heterocycles. The van der Waals surface area contributed by atoms with E-state index in [4.69, 9.17) is 4.74 Å². The highest BCUT2D eigenvalue weighted by Crippen LogP contribution is 2.42. The lowest BCUT2D eigenvalue weighted by Crippen LogP contribution is -2.32. The number of nitrogens with zero attached hydrogens (tertiary/aromatic N) is 2. The number of nitro groups is 1. The van der Waals surface area contributed by atoms with Gasteiger partial charge in [0.05, 0.1) is 17.2 Å². The van der Waals surface area contributed by atoms with E-state index in [2.05, 4.69) is 0 Å². The Labute approximate surface area is 180 Å². The number of amides is 1. The van der Waals surface area contributed by atoms with Gasteiger partial charge >= 0.3 is 5.97 Å². The predicted octanol–water partition coefficient (Wildman–Crippen LogP) is 4.84. The van der Waals surface area contributed by atoms with E-state index < -0.39 is 16.7 Å². The highest BCUT2D eigenvalue weighted by atomic mass is 32.1. The Kier molecular flexibility index (Phi) is 5.51. The van der Waals surface area contributed by atoms with Crippen molar-refractivity contribution in [1.29, 1.82) is 0 Å². The van der Waals surface area contributed by atoms with Crippen LogP contribution in [0.5, 0.6) is 0 Å². The number of rotatable bonds is 4. The monoisotopic (exact) mass is 440 g/mol. The van der Waals surface area contributed by atoms with Gasteiger partial charge in [-0.2, -0.15) is 0 Å². The highest BCUT2D eigenvalue weighted by Gasteiger charge is 2.28. The first-order valence-electron chi connectivity index (χ1n) is 9.55. The number of non-ortho nitro benzene ring substituents is 1.